The molecule has 2 amide bonds. The van der Waals surface area contributed by atoms with E-state index in [1.807, 2.05) is 56.3 Å². The van der Waals surface area contributed by atoms with Crippen molar-refractivity contribution >= 4 is 47.4 Å². The number of carbonyl (C=O) groups is 2. The predicted molar refractivity (Wildman–Crippen MR) is 171 cm³/mol. The Morgan fingerprint density at radius 2 is 1.86 bits per heavy atom. The zero-order valence-electron chi connectivity index (χ0n) is 24.6. The number of hydrogen-bond acceptors (Lipinski definition) is 9. The second-order valence-corrected chi connectivity index (χ2v) is 11.1. The summed E-state index contributed by atoms with van der Waals surface area (Å²) in [6, 6.07) is 19.2. The monoisotopic (exact) mass is 618 g/mol. The SMILES string of the molecule is CCNC(=O)CC1N=C(c2ccc(Cl)cc2)c2cc(OCCCNC(=O)c3cccc(B(O)O)c3)ccc2N2C(C)NNC12. The average molecular weight is 619 g/mol. The highest BCUT2D eigenvalue weighted by Gasteiger charge is 2.40. The van der Waals surface area contributed by atoms with Crippen LogP contribution in [0.2, 0.25) is 5.02 Å². The van der Waals surface area contributed by atoms with Gasteiger partial charge in [0.1, 0.15) is 11.9 Å². The van der Waals surface area contributed by atoms with Gasteiger partial charge in [0.05, 0.1) is 30.9 Å². The average Bonchev–Trinajstić information content (AvgIpc) is 3.34. The lowest BCUT2D eigenvalue weighted by Gasteiger charge is -2.31. The molecular weight excluding hydrogens is 583 g/mol. The minimum absolute atomic E-state index is 0.0630. The van der Waals surface area contributed by atoms with E-state index in [0.29, 0.717) is 42.5 Å². The number of anilines is 1. The maximum Gasteiger partial charge on any atom is 0.488 e. The van der Waals surface area contributed by atoms with Crippen molar-refractivity contribution in [1.82, 2.24) is 21.5 Å². The van der Waals surface area contributed by atoms with Crippen molar-refractivity contribution in [3.8, 4) is 5.75 Å². The van der Waals surface area contributed by atoms with Crippen LogP contribution < -0.4 is 36.6 Å². The standard InChI is InChI=1S/C31H36BClN6O5/c1-3-34-28(40)18-26-30-38-37-19(2)39(30)27-13-12-24(17-25(27)29(36-26)20-8-10-23(33)11-9-20)44-15-5-14-35-31(41)21-6-4-7-22(16-21)32(42)43/h4,6-13,16-17,19,26,30,37-38,42-43H,3,5,14-15,18H2,1-2H3,(H,34,40)(H,35,41). The molecule has 0 aromatic heterocycles. The van der Waals surface area contributed by atoms with E-state index in [9.17, 15) is 19.6 Å². The second kappa shape index (κ2) is 14.2. The molecule has 44 heavy (non-hydrogen) atoms. The summed E-state index contributed by atoms with van der Waals surface area (Å²) in [5, 5.41) is 25.1. The van der Waals surface area contributed by atoms with E-state index in [0.717, 1.165) is 22.5 Å². The van der Waals surface area contributed by atoms with Crippen molar-refractivity contribution in [1.29, 1.82) is 0 Å². The molecule has 5 rings (SSSR count). The molecule has 0 radical (unpaired) electrons. The molecule has 0 bridgehead atoms. The van der Waals surface area contributed by atoms with Crippen LogP contribution in [0, 0.1) is 0 Å². The first-order chi connectivity index (χ1) is 21.2. The summed E-state index contributed by atoms with van der Waals surface area (Å²) in [7, 11) is -1.64. The molecule has 2 aliphatic rings. The first-order valence-electron chi connectivity index (χ1n) is 14.7. The lowest BCUT2D eigenvalue weighted by Crippen LogP contribution is -2.47. The summed E-state index contributed by atoms with van der Waals surface area (Å²) in [4.78, 5) is 32.6. The fourth-order valence-corrected chi connectivity index (χ4v) is 5.54. The van der Waals surface area contributed by atoms with Crippen molar-refractivity contribution in [2.75, 3.05) is 24.6 Å². The fraction of sp³-hybridized carbons (Fsp3) is 0.323. The molecule has 6 N–H and O–H groups in total. The smallest absolute Gasteiger partial charge is 0.488 e. The van der Waals surface area contributed by atoms with Crippen LogP contribution in [-0.2, 0) is 4.79 Å². The quantitative estimate of drug-likeness (QED) is 0.140. The number of nitrogens with zero attached hydrogens (tertiary/aromatic N) is 2. The van der Waals surface area contributed by atoms with Gasteiger partial charge in [0.25, 0.3) is 5.91 Å². The van der Waals surface area contributed by atoms with Crippen molar-refractivity contribution in [3.05, 3.63) is 88.4 Å². The molecule has 11 nitrogen and oxygen atoms in total. The Bertz CT molecular complexity index is 1520. The third kappa shape index (κ3) is 7.23. The summed E-state index contributed by atoms with van der Waals surface area (Å²) >= 11 is 6.21. The summed E-state index contributed by atoms with van der Waals surface area (Å²) in [5.74, 6) is 0.270. The fourth-order valence-electron chi connectivity index (χ4n) is 5.41. The van der Waals surface area contributed by atoms with Gasteiger partial charge in [-0.25, -0.2) is 10.9 Å². The van der Waals surface area contributed by atoms with Crippen LogP contribution in [0.15, 0.2) is 71.7 Å². The van der Waals surface area contributed by atoms with Gasteiger partial charge in [-0.05, 0) is 68.2 Å². The number of carbonyl (C=O) groups excluding carboxylic acids is 2. The Morgan fingerprint density at radius 1 is 1.07 bits per heavy atom. The number of aliphatic imine (C=N–C) groups is 1. The Labute approximate surface area is 261 Å². The number of hydrazine groups is 1. The van der Waals surface area contributed by atoms with Gasteiger partial charge in [0.15, 0.2) is 0 Å². The van der Waals surface area contributed by atoms with Crippen molar-refractivity contribution < 1.29 is 24.4 Å². The zero-order valence-corrected chi connectivity index (χ0v) is 25.3. The second-order valence-electron chi connectivity index (χ2n) is 10.7. The summed E-state index contributed by atoms with van der Waals surface area (Å²) in [6.45, 7) is 5.22. The molecule has 0 aliphatic carbocycles. The van der Waals surface area contributed by atoms with Gasteiger partial charge in [-0.1, -0.05) is 35.9 Å². The van der Waals surface area contributed by atoms with Crippen LogP contribution in [0.4, 0.5) is 5.69 Å². The zero-order chi connectivity index (χ0) is 31.2. The number of nitrogens with one attached hydrogen (secondary N) is 4. The predicted octanol–water partition coefficient (Wildman–Crippen LogP) is 1.55. The number of hydrogen-bond donors (Lipinski definition) is 6. The third-order valence-electron chi connectivity index (χ3n) is 7.53. The van der Waals surface area contributed by atoms with Gasteiger partial charge in [-0.15, -0.1) is 0 Å². The van der Waals surface area contributed by atoms with Gasteiger partial charge in [-0.2, -0.15) is 0 Å². The van der Waals surface area contributed by atoms with Crippen molar-refractivity contribution in [3.63, 3.8) is 0 Å². The molecule has 1 fully saturated rings. The van der Waals surface area contributed by atoms with Crippen molar-refractivity contribution in [2.24, 2.45) is 4.99 Å². The van der Waals surface area contributed by atoms with E-state index in [2.05, 4.69) is 26.4 Å². The molecular formula is C31H36BClN6O5. The Morgan fingerprint density at radius 3 is 2.61 bits per heavy atom. The highest BCUT2D eigenvalue weighted by molar-refractivity contribution is 6.58. The number of ether oxygens (including phenoxy) is 1. The molecule has 3 aromatic rings. The Hall–Kier alpha value is -3.94. The van der Waals surface area contributed by atoms with E-state index >= 15 is 0 Å². The number of rotatable bonds is 11. The minimum atomic E-state index is -1.64. The summed E-state index contributed by atoms with van der Waals surface area (Å²) in [6.07, 6.45) is 0.443. The molecule has 230 valence electrons. The van der Waals surface area contributed by atoms with Gasteiger partial charge < -0.3 is 30.3 Å². The van der Waals surface area contributed by atoms with E-state index in [4.69, 9.17) is 21.3 Å². The molecule has 1 saturated heterocycles. The molecule has 2 heterocycles. The first-order valence-corrected chi connectivity index (χ1v) is 15.0. The highest BCUT2D eigenvalue weighted by Crippen LogP contribution is 2.36. The largest absolute Gasteiger partial charge is 0.494 e. The van der Waals surface area contributed by atoms with Gasteiger partial charge in [0.2, 0.25) is 5.91 Å². The lowest BCUT2D eigenvalue weighted by molar-refractivity contribution is -0.121. The van der Waals surface area contributed by atoms with Gasteiger partial charge in [-0.3, -0.25) is 14.6 Å². The molecule has 0 spiro atoms. The van der Waals surface area contributed by atoms with E-state index in [1.165, 1.54) is 6.07 Å². The van der Waals surface area contributed by atoms with Crippen LogP contribution in [0.5, 0.6) is 5.75 Å². The maximum absolute atomic E-state index is 12.7. The van der Waals surface area contributed by atoms with Crippen LogP contribution in [0.3, 0.4) is 0 Å². The van der Waals surface area contributed by atoms with E-state index in [1.54, 1.807) is 18.2 Å². The van der Waals surface area contributed by atoms with Crippen LogP contribution in [0.1, 0.15) is 48.2 Å². The first kappa shape index (κ1) is 31.5. The Kier molecular flexibility index (Phi) is 10.2. The molecule has 3 atom stereocenters. The number of fused-ring (bicyclic) bond motifs is 3. The lowest BCUT2D eigenvalue weighted by atomic mass is 9.79. The number of amides is 2. The number of benzene rings is 3. The molecule has 3 aromatic carbocycles. The van der Waals surface area contributed by atoms with Crippen LogP contribution in [0.25, 0.3) is 0 Å². The number of halogens is 1. The van der Waals surface area contributed by atoms with Crippen LogP contribution >= 0.6 is 11.6 Å². The third-order valence-corrected chi connectivity index (χ3v) is 7.78. The summed E-state index contributed by atoms with van der Waals surface area (Å²) in [5.41, 5.74) is 10.6. The molecule has 0 saturated carbocycles. The minimum Gasteiger partial charge on any atom is -0.494 e. The Balaban J connectivity index is 1.34. The van der Waals surface area contributed by atoms with Gasteiger partial charge >= 0.3 is 7.12 Å². The highest BCUT2D eigenvalue weighted by atomic mass is 35.5. The van der Waals surface area contributed by atoms with E-state index < -0.39 is 7.12 Å². The summed E-state index contributed by atoms with van der Waals surface area (Å²) < 4.78 is 6.11. The normalized spacial score (nSPS) is 18.9. The van der Waals surface area contributed by atoms with Crippen LogP contribution in [-0.4, -0.2) is 72.8 Å². The van der Waals surface area contributed by atoms with Gasteiger partial charge in [0, 0.05) is 40.5 Å². The maximum atomic E-state index is 12.7. The van der Waals surface area contributed by atoms with Crippen molar-refractivity contribution in [2.45, 2.75) is 45.1 Å². The molecule has 2 aliphatic heterocycles. The molecule has 13 heteroatoms. The molecule has 3 unspecified atom stereocenters. The topological polar surface area (TPSA) is 148 Å². The van der Waals surface area contributed by atoms with E-state index in [-0.39, 0.29) is 42.1 Å².